The summed E-state index contributed by atoms with van der Waals surface area (Å²) in [6.07, 6.45) is 0.772. The number of benzene rings is 1. The highest BCUT2D eigenvalue weighted by molar-refractivity contribution is 8.00. The van der Waals surface area contributed by atoms with Gasteiger partial charge in [0, 0.05) is 29.1 Å². The van der Waals surface area contributed by atoms with Crippen molar-refractivity contribution in [1.82, 2.24) is 14.8 Å². The van der Waals surface area contributed by atoms with Crippen LogP contribution in [0, 0.1) is 29.6 Å². The predicted molar refractivity (Wildman–Crippen MR) is 139 cm³/mol. The monoisotopic (exact) mass is 579 g/mol. The van der Waals surface area contributed by atoms with Gasteiger partial charge in [0.2, 0.25) is 17.7 Å². The van der Waals surface area contributed by atoms with Crippen molar-refractivity contribution in [2.45, 2.75) is 22.6 Å². The van der Waals surface area contributed by atoms with Crippen LogP contribution in [-0.2, 0) is 19.1 Å². The summed E-state index contributed by atoms with van der Waals surface area (Å²) in [5.41, 5.74) is 0.848. The standard InChI is InChI=1S/C25H23Cl2N3O5S2/c26-13-3-1-2-10(19(13)27)15-16-11-8-12(20(16)36-22-21(15)37-25(34)28-22)18-17(11)23(32)30(24(18)33)9-14(31)29-4-6-35-7-5-29/h1-3,11-12,15-18,20H,4-9H2,(H,28,34)/t11?,12?,15-,16?,17?,18?,20?/m1/s1. The number of hydrogen-bond donors (Lipinski definition) is 1. The molecule has 12 heteroatoms. The van der Waals surface area contributed by atoms with Crippen LogP contribution in [0.3, 0.4) is 0 Å². The Morgan fingerprint density at radius 2 is 1.81 bits per heavy atom. The molecule has 194 valence electrons. The minimum atomic E-state index is -0.450. The molecule has 3 aliphatic heterocycles. The Labute approximate surface area is 230 Å². The van der Waals surface area contributed by atoms with E-state index in [1.54, 1.807) is 22.7 Å². The molecule has 7 rings (SSSR count). The maximum absolute atomic E-state index is 13.7. The van der Waals surface area contributed by atoms with E-state index in [0.29, 0.717) is 36.3 Å². The van der Waals surface area contributed by atoms with Gasteiger partial charge in [-0.3, -0.25) is 24.1 Å². The van der Waals surface area contributed by atoms with Gasteiger partial charge < -0.3 is 14.6 Å². The number of thiazole rings is 1. The summed E-state index contributed by atoms with van der Waals surface area (Å²) in [6.45, 7) is 1.65. The fourth-order valence-corrected chi connectivity index (χ4v) is 10.7. The molecule has 6 unspecified atom stereocenters. The van der Waals surface area contributed by atoms with E-state index in [9.17, 15) is 19.2 Å². The smallest absolute Gasteiger partial charge is 0.305 e. The Balaban J connectivity index is 1.24. The molecule has 3 amide bonds. The second-order valence-corrected chi connectivity index (χ2v) is 13.3. The van der Waals surface area contributed by atoms with E-state index >= 15 is 0 Å². The second-order valence-electron chi connectivity index (χ2n) is 10.4. The molecular weight excluding hydrogens is 557 g/mol. The number of hydrogen-bond acceptors (Lipinski definition) is 7. The van der Waals surface area contributed by atoms with Gasteiger partial charge in [0.25, 0.3) is 0 Å². The number of imide groups is 1. The highest BCUT2D eigenvalue weighted by Crippen LogP contribution is 2.68. The first-order chi connectivity index (χ1) is 17.8. The van der Waals surface area contributed by atoms with Gasteiger partial charge in [0.05, 0.1) is 40.1 Å². The summed E-state index contributed by atoms with van der Waals surface area (Å²) in [7, 11) is 0. The molecule has 2 saturated carbocycles. The number of rotatable bonds is 3. The van der Waals surface area contributed by atoms with Gasteiger partial charge in [-0.25, -0.2) is 0 Å². The molecule has 7 atom stereocenters. The number of nitrogens with zero attached hydrogens (tertiary/aromatic N) is 2. The number of likely N-dealkylation sites (tertiary alicyclic amines) is 1. The second kappa shape index (κ2) is 8.84. The van der Waals surface area contributed by atoms with Gasteiger partial charge in [-0.05, 0) is 35.8 Å². The summed E-state index contributed by atoms with van der Waals surface area (Å²) in [6, 6.07) is 5.54. The number of H-pyrrole nitrogens is 1. The zero-order valence-electron chi connectivity index (χ0n) is 19.5. The lowest BCUT2D eigenvalue weighted by atomic mass is 9.68. The number of carbonyl (C=O) groups excluding carboxylic acids is 3. The van der Waals surface area contributed by atoms with Crippen molar-refractivity contribution >= 4 is 64.0 Å². The SMILES string of the molecule is O=C(CN1C(=O)C2C3CC(C2C1=O)C1C3Sc2[nH]c(=O)sc2[C@@H]1c1cccc(Cl)c1Cl)N1CCOCC1. The Kier molecular flexibility index (Phi) is 5.78. The number of aromatic nitrogens is 1. The van der Waals surface area contributed by atoms with Gasteiger partial charge in [-0.15, -0.1) is 11.8 Å². The third kappa shape index (κ3) is 3.52. The average Bonchev–Trinajstić information content (AvgIpc) is 3.62. The third-order valence-electron chi connectivity index (χ3n) is 8.79. The van der Waals surface area contributed by atoms with Crippen molar-refractivity contribution in [3.05, 3.63) is 48.4 Å². The fraction of sp³-hybridized carbons (Fsp3) is 0.520. The lowest BCUT2D eigenvalue weighted by Crippen LogP contribution is -2.47. The molecule has 2 saturated heterocycles. The van der Waals surface area contributed by atoms with Gasteiger partial charge in [-0.2, -0.15) is 0 Å². The highest BCUT2D eigenvalue weighted by atomic mass is 35.5. The molecule has 0 spiro atoms. The van der Waals surface area contributed by atoms with Crippen LogP contribution in [-0.4, -0.2) is 70.6 Å². The topological polar surface area (TPSA) is 99.8 Å². The lowest BCUT2D eigenvalue weighted by molar-refractivity contribution is -0.148. The van der Waals surface area contributed by atoms with Crippen molar-refractivity contribution in [2.24, 2.45) is 29.6 Å². The molecule has 1 N–H and O–H groups in total. The number of aromatic amines is 1. The molecule has 1 aromatic heterocycles. The van der Waals surface area contributed by atoms with Gasteiger partial charge in [0.15, 0.2) is 0 Å². The molecule has 2 aromatic rings. The number of halogens is 2. The third-order valence-corrected chi connectivity index (χ3v) is 12.2. The largest absolute Gasteiger partial charge is 0.378 e. The van der Waals surface area contributed by atoms with E-state index in [2.05, 4.69) is 4.98 Å². The zero-order chi connectivity index (χ0) is 25.6. The molecule has 2 bridgehead atoms. The summed E-state index contributed by atoms with van der Waals surface area (Å²) in [5.74, 6) is -1.79. The van der Waals surface area contributed by atoms with E-state index in [1.807, 2.05) is 12.1 Å². The maximum atomic E-state index is 13.7. The van der Waals surface area contributed by atoms with E-state index in [1.165, 1.54) is 16.2 Å². The van der Waals surface area contributed by atoms with Crippen LogP contribution in [0.15, 0.2) is 28.0 Å². The number of nitrogens with one attached hydrogen (secondary N) is 1. The summed E-state index contributed by atoms with van der Waals surface area (Å²) in [5, 5.41) is 1.77. The van der Waals surface area contributed by atoms with E-state index < -0.39 is 11.8 Å². The van der Waals surface area contributed by atoms with Crippen molar-refractivity contribution in [3.8, 4) is 0 Å². The minimum Gasteiger partial charge on any atom is -0.378 e. The molecule has 4 heterocycles. The van der Waals surface area contributed by atoms with Crippen molar-refractivity contribution in [1.29, 1.82) is 0 Å². The first-order valence-corrected chi connectivity index (χ1v) is 14.8. The van der Waals surface area contributed by atoms with E-state index in [0.717, 1.165) is 21.9 Å². The number of fused-ring (bicyclic) bond motifs is 9. The highest BCUT2D eigenvalue weighted by Gasteiger charge is 2.69. The number of morpholine rings is 1. The lowest BCUT2D eigenvalue weighted by Gasteiger charge is -2.43. The number of amides is 3. The number of ether oxygens (including phenoxy) is 1. The summed E-state index contributed by atoms with van der Waals surface area (Å²) >= 11 is 15.9. The van der Waals surface area contributed by atoms with E-state index in [4.69, 9.17) is 27.9 Å². The van der Waals surface area contributed by atoms with Crippen LogP contribution in [0.1, 0.15) is 22.8 Å². The van der Waals surface area contributed by atoms with Crippen LogP contribution in [0.25, 0.3) is 0 Å². The van der Waals surface area contributed by atoms with Gasteiger partial charge in [0.1, 0.15) is 6.54 Å². The van der Waals surface area contributed by atoms with Gasteiger partial charge in [-0.1, -0.05) is 46.7 Å². The predicted octanol–water partition coefficient (Wildman–Crippen LogP) is 3.08. The summed E-state index contributed by atoms with van der Waals surface area (Å²) < 4.78 is 5.32. The quantitative estimate of drug-likeness (QED) is 0.561. The molecule has 8 nitrogen and oxygen atoms in total. The number of thioether (sulfide) groups is 1. The number of carbonyl (C=O) groups is 3. The van der Waals surface area contributed by atoms with Crippen molar-refractivity contribution in [2.75, 3.05) is 32.8 Å². The minimum absolute atomic E-state index is 0.0121. The van der Waals surface area contributed by atoms with Crippen LogP contribution in [0.2, 0.25) is 10.0 Å². The normalized spacial score (nSPS) is 34.1. The van der Waals surface area contributed by atoms with Crippen LogP contribution >= 0.6 is 46.3 Å². The van der Waals surface area contributed by atoms with Crippen molar-refractivity contribution in [3.63, 3.8) is 0 Å². The van der Waals surface area contributed by atoms with Crippen LogP contribution < -0.4 is 4.87 Å². The molecular formula is C25H23Cl2N3O5S2. The molecule has 2 aliphatic carbocycles. The van der Waals surface area contributed by atoms with Crippen LogP contribution in [0.5, 0.6) is 0 Å². The first kappa shape index (κ1) is 24.2. The summed E-state index contributed by atoms with van der Waals surface area (Å²) in [4.78, 5) is 59.2. The Morgan fingerprint density at radius 1 is 1.08 bits per heavy atom. The Morgan fingerprint density at radius 3 is 2.57 bits per heavy atom. The maximum Gasteiger partial charge on any atom is 0.305 e. The van der Waals surface area contributed by atoms with E-state index in [-0.39, 0.29) is 58.1 Å². The average molecular weight is 581 g/mol. The Bertz CT molecular complexity index is 1390. The fourth-order valence-electron chi connectivity index (χ4n) is 7.39. The Hall–Kier alpha value is -1.85. The molecule has 4 fully saturated rings. The first-order valence-electron chi connectivity index (χ1n) is 12.4. The molecule has 0 radical (unpaired) electrons. The zero-order valence-corrected chi connectivity index (χ0v) is 22.7. The van der Waals surface area contributed by atoms with Crippen LogP contribution in [0.4, 0.5) is 0 Å². The van der Waals surface area contributed by atoms with Gasteiger partial charge >= 0.3 is 4.87 Å². The molecule has 37 heavy (non-hydrogen) atoms. The van der Waals surface area contributed by atoms with Crippen molar-refractivity contribution < 1.29 is 19.1 Å². The molecule has 1 aromatic carbocycles. The molecule has 5 aliphatic rings.